The first-order valence-corrected chi connectivity index (χ1v) is 18.1. The Bertz CT molecular complexity index is 2740. The number of rotatable bonds is 6. The Balaban J connectivity index is 1.17. The van der Waals surface area contributed by atoms with Crippen LogP contribution in [-0.4, -0.2) is 16.4 Å². The monoisotopic (exact) mass is 692 g/mol. The lowest BCUT2D eigenvalue weighted by molar-refractivity contribution is 0.0926. The third-order valence-corrected chi connectivity index (χ3v) is 10.5. The average Bonchev–Trinajstić information content (AvgIpc) is 3.71. The van der Waals surface area contributed by atoms with E-state index in [0.29, 0.717) is 22.5 Å². The molecular weight excluding hydrogens is 661 g/mol. The third kappa shape index (κ3) is 5.15. The van der Waals surface area contributed by atoms with Crippen molar-refractivity contribution in [2.75, 3.05) is 4.90 Å². The van der Waals surface area contributed by atoms with Crippen molar-refractivity contribution >= 4 is 39.3 Å². The molecule has 0 spiro atoms. The highest BCUT2D eigenvalue weighted by Gasteiger charge is 2.39. The van der Waals surface area contributed by atoms with Gasteiger partial charge in [-0.2, -0.15) is 0 Å². The second-order valence-corrected chi connectivity index (χ2v) is 13.7. The maximum atomic E-state index is 14.9. The van der Waals surface area contributed by atoms with Gasteiger partial charge >= 0.3 is 0 Å². The smallest absolute Gasteiger partial charge is 0.268 e. The van der Waals surface area contributed by atoms with E-state index in [1.54, 1.807) is 6.07 Å². The van der Waals surface area contributed by atoms with Crippen molar-refractivity contribution in [3.63, 3.8) is 0 Å². The quantitative estimate of drug-likeness (QED) is 0.163. The summed E-state index contributed by atoms with van der Waals surface area (Å²) in [5, 5.41) is 2.14. The van der Waals surface area contributed by atoms with E-state index >= 15 is 0 Å². The number of carbonyl (C=O) groups excluding carboxylic acids is 2. The molecule has 0 fully saturated rings. The van der Waals surface area contributed by atoms with Gasteiger partial charge in [-0.15, -0.1) is 0 Å². The van der Waals surface area contributed by atoms with Crippen LogP contribution in [0.25, 0.3) is 72.0 Å². The molecular formula is C50H32N2O2. The molecule has 0 unspecified atom stereocenters. The number of benzene rings is 8. The van der Waals surface area contributed by atoms with Gasteiger partial charge in [-0.25, -0.2) is 4.90 Å². The Hall–Kier alpha value is -7.30. The SMILES string of the molecule is O=C1c2cccc(-n3c4ccc(-c5ccccc5)cc4c4cc(-c5ccccc5)ccc43)c2C(=O)N1c1cc(-c2ccccc2)cc(-c2ccccc2)c1. The zero-order valence-corrected chi connectivity index (χ0v) is 29.2. The van der Waals surface area contributed by atoms with Crippen LogP contribution in [0.5, 0.6) is 0 Å². The van der Waals surface area contributed by atoms with Crippen molar-refractivity contribution in [1.82, 2.24) is 4.57 Å². The summed E-state index contributed by atoms with van der Waals surface area (Å²) in [6.45, 7) is 0. The Morgan fingerprint density at radius 3 is 1.24 bits per heavy atom. The fourth-order valence-electron chi connectivity index (χ4n) is 7.93. The highest BCUT2D eigenvalue weighted by Crippen LogP contribution is 2.41. The van der Waals surface area contributed by atoms with Crippen molar-refractivity contribution in [3.05, 3.63) is 205 Å². The van der Waals surface area contributed by atoms with Gasteiger partial charge in [0.25, 0.3) is 11.8 Å². The molecule has 1 aliphatic heterocycles. The number of hydrogen-bond acceptors (Lipinski definition) is 2. The Morgan fingerprint density at radius 1 is 0.333 bits per heavy atom. The van der Waals surface area contributed by atoms with E-state index in [1.807, 2.05) is 97.1 Å². The van der Waals surface area contributed by atoms with Crippen LogP contribution in [-0.2, 0) is 0 Å². The van der Waals surface area contributed by atoms with Crippen molar-refractivity contribution in [1.29, 1.82) is 0 Å². The molecule has 0 saturated heterocycles. The first kappa shape index (κ1) is 31.4. The van der Waals surface area contributed by atoms with Crippen LogP contribution in [0.15, 0.2) is 194 Å². The first-order chi connectivity index (χ1) is 26.6. The molecule has 4 nitrogen and oxygen atoms in total. The van der Waals surface area contributed by atoms with E-state index in [-0.39, 0.29) is 11.8 Å². The fraction of sp³-hybridized carbons (Fsp3) is 0. The number of hydrogen-bond donors (Lipinski definition) is 0. The highest BCUT2D eigenvalue weighted by molar-refractivity contribution is 6.36. The van der Waals surface area contributed by atoms with Crippen LogP contribution >= 0.6 is 0 Å². The number of fused-ring (bicyclic) bond motifs is 4. The first-order valence-electron chi connectivity index (χ1n) is 18.1. The van der Waals surface area contributed by atoms with Crippen LogP contribution in [0.4, 0.5) is 5.69 Å². The molecule has 0 radical (unpaired) electrons. The predicted octanol–water partition coefficient (Wildman–Crippen LogP) is 12.3. The summed E-state index contributed by atoms with van der Waals surface area (Å²) in [6.07, 6.45) is 0. The van der Waals surface area contributed by atoms with E-state index in [1.165, 1.54) is 4.90 Å². The summed E-state index contributed by atoms with van der Waals surface area (Å²) < 4.78 is 2.15. The summed E-state index contributed by atoms with van der Waals surface area (Å²) in [5.74, 6) is -0.675. The van der Waals surface area contributed by atoms with Crippen LogP contribution in [0.3, 0.4) is 0 Å². The molecule has 0 atom stereocenters. The number of amides is 2. The van der Waals surface area contributed by atoms with Gasteiger partial charge in [-0.1, -0.05) is 140 Å². The van der Waals surface area contributed by atoms with Crippen LogP contribution in [0, 0.1) is 0 Å². The summed E-state index contributed by atoms with van der Waals surface area (Å²) in [4.78, 5) is 30.7. The number of aromatic nitrogens is 1. The van der Waals surface area contributed by atoms with Gasteiger partial charge in [0.1, 0.15) is 0 Å². The molecule has 10 rings (SSSR count). The Labute approximate surface area is 312 Å². The summed E-state index contributed by atoms with van der Waals surface area (Å²) in [5.41, 5.74) is 12.2. The number of carbonyl (C=O) groups is 2. The topological polar surface area (TPSA) is 42.3 Å². The van der Waals surface area contributed by atoms with Gasteiger partial charge in [0.2, 0.25) is 0 Å². The van der Waals surface area contributed by atoms with Gasteiger partial charge in [0.15, 0.2) is 0 Å². The summed E-state index contributed by atoms with van der Waals surface area (Å²) in [7, 11) is 0. The van der Waals surface area contributed by atoms with Gasteiger partial charge < -0.3 is 4.57 Å². The zero-order chi connectivity index (χ0) is 36.2. The molecule has 2 amide bonds. The molecule has 2 heterocycles. The minimum absolute atomic E-state index is 0.334. The summed E-state index contributed by atoms with van der Waals surface area (Å²) >= 11 is 0. The van der Waals surface area contributed by atoms with Gasteiger partial charge in [-0.05, 0) is 99.1 Å². The van der Waals surface area contributed by atoms with Crippen LogP contribution in [0.2, 0.25) is 0 Å². The van der Waals surface area contributed by atoms with Gasteiger partial charge in [0.05, 0.1) is 33.5 Å². The lowest BCUT2D eigenvalue weighted by Crippen LogP contribution is -2.29. The minimum Gasteiger partial charge on any atom is -0.308 e. The standard InChI is InChI=1S/C50H32N2O2/c53-49-42-22-13-23-47(48(42)50(54)51(49)41-29-39(35-18-9-3-10-19-35)28-40(30-41)36-20-11-4-12-21-36)52-45-26-24-37(33-14-5-1-6-15-33)31-43(45)44-32-38(25-27-46(44)52)34-16-7-2-8-17-34/h1-32H. The second-order valence-electron chi connectivity index (χ2n) is 13.7. The largest absolute Gasteiger partial charge is 0.308 e. The summed E-state index contributed by atoms with van der Waals surface area (Å²) in [6, 6.07) is 65.5. The molecule has 8 aromatic carbocycles. The lowest BCUT2D eigenvalue weighted by atomic mass is 9.97. The molecule has 1 aliphatic rings. The molecule has 0 saturated carbocycles. The molecule has 0 aliphatic carbocycles. The highest BCUT2D eigenvalue weighted by atomic mass is 16.2. The number of nitrogens with zero attached hydrogens (tertiary/aromatic N) is 2. The van der Waals surface area contributed by atoms with Crippen molar-refractivity contribution < 1.29 is 9.59 Å². The zero-order valence-electron chi connectivity index (χ0n) is 29.2. The van der Waals surface area contributed by atoms with E-state index in [0.717, 1.165) is 66.3 Å². The molecule has 54 heavy (non-hydrogen) atoms. The Morgan fingerprint density at radius 2 is 0.778 bits per heavy atom. The van der Waals surface area contributed by atoms with Crippen molar-refractivity contribution in [3.8, 4) is 50.2 Å². The fourth-order valence-corrected chi connectivity index (χ4v) is 7.93. The lowest BCUT2D eigenvalue weighted by Gasteiger charge is -2.18. The molecule has 1 aromatic heterocycles. The van der Waals surface area contributed by atoms with Gasteiger partial charge in [0, 0.05) is 10.8 Å². The average molecular weight is 693 g/mol. The molecule has 254 valence electrons. The number of imide groups is 1. The predicted molar refractivity (Wildman–Crippen MR) is 220 cm³/mol. The number of anilines is 1. The minimum atomic E-state index is -0.341. The Kier molecular flexibility index (Phi) is 7.41. The van der Waals surface area contributed by atoms with E-state index in [4.69, 9.17) is 0 Å². The second kappa shape index (κ2) is 12.7. The maximum Gasteiger partial charge on any atom is 0.268 e. The van der Waals surface area contributed by atoms with Gasteiger partial charge in [-0.3, -0.25) is 9.59 Å². The normalized spacial score (nSPS) is 12.5. The van der Waals surface area contributed by atoms with E-state index in [2.05, 4.69) is 95.6 Å². The van der Waals surface area contributed by atoms with E-state index in [9.17, 15) is 9.59 Å². The van der Waals surface area contributed by atoms with E-state index < -0.39 is 0 Å². The van der Waals surface area contributed by atoms with Crippen LogP contribution in [0.1, 0.15) is 20.7 Å². The molecule has 0 bridgehead atoms. The van der Waals surface area contributed by atoms with Crippen LogP contribution < -0.4 is 4.90 Å². The maximum absolute atomic E-state index is 14.9. The molecule has 0 N–H and O–H groups in total. The van der Waals surface area contributed by atoms with Crippen molar-refractivity contribution in [2.24, 2.45) is 0 Å². The third-order valence-electron chi connectivity index (χ3n) is 10.5. The molecule has 4 heteroatoms. The molecule has 9 aromatic rings. The van der Waals surface area contributed by atoms with Crippen molar-refractivity contribution in [2.45, 2.75) is 0 Å².